The predicted octanol–water partition coefficient (Wildman–Crippen LogP) is 3.67. The Hall–Kier alpha value is -1.22. The molecule has 118 valence electrons. The third-order valence-electron chi connectivity index (χ3n) is 2.08. The van der Waals surface area contributed by atoms with Crippen LogP contribution < -0.4 is 0 Å². The van der Waals surface area contributed by atoms with E-state index < -0.39 is 29.1 Å². The first-order chi connectivity index (χ1) is 9.90. The molecule has 0 amide bonds. The Kier molecular flexibility index (Phi) is 7.58. The summed E-state index contributed by atoms with van der Waals surface area (Å²) in [4.78, 5) is 9.73. The minimum atomic E-state index is -2.37. The van der Waals surface area contributed by atoms with E-state index in [1.807, 2.05) is 13.8 Å². The van der Waals surface area contributed by atoms with Crippen LogP contribution in [-0.4, -0.2) is 27.3 Å². The lowest BCUT2D eigenvalue weighted by Gasteiger charge is -1.99. The highest BCUT2D eigenvalue weighted by Crippen LogP contribution is 2.20. The van der Waals surface area contributed by atoms with Crippen molar-refractivity contribution in [2.75, 3.05) is 5.75 Å². The number of hydrogen-bond donors (Lipinski definition) is 0. The minimum Gasteiger partial charge on any atom is -0.393 e. The van der Waals surface area contributed by atoms with E-state index in [2.05, 4.69) is 10.1 Å². The second kappa shape index (κ2) is 8.93. The molecule has 21 heavy (non-hydrogen) atoms. The molecular weight excluding hydrogens is 325 g/mol. The minimum absolute atomic E-state index is 0.00961. The van der Waals surface area contributed by atoms with Crippen LogP contribution in [0.2, 0.25) is 0 Å². The van der Waals surface area contributed by atoms with E-state index in [0.717, 1.165) is 4.88 Å². The highest BCUT2D eigenvalue weighted by Gasteiger charge is 2.12. The number of thiazole rings is 1. The molecule has 1 aromatic rings. The number of rotatable bonds is 8. The number of hydrogen-bond acceptors (Lipinski definition) is 5. The van der Waals surface area contributed by atoms with Crippen molar-refractivity contribution in [1.82, 2.24) is 4.98 Å². The van der Waals surface area contributed by atoms with Crippen molar-refractivity contribution < 1.29 is 22.2 Å². The molecule has 1 heterocycles. The van der Waals surface area contributed by atoms with Crippen molar-refractivity contribution in [3.05, 3.63) is 23.0 Å². The summed E-state index contributed by atoms with van der Waals surface area (Å²) in [6.45, 7) is 3.69. The van der Waals surface area contributed by atoms with E-state index in [1.54, 1.807) is 6.21 Å². The molecule has 1 aromatic heterocycles. The predicted molar refractivity (Wildman–Crippen MR) is 76.8 cm³/mol. The van der Waals surface area contributed by atoms with Crippen molar-refractivity contribution in [1.29, 1.82) is 0 Å². The zero-order chi connectivity index (χ0) is 15.8. The van der Waals surface area contributed by atoms with Crippen molar-refractivity contribution in [2.45, 2.75) is 37.1 Å². The molecule has 0 aromatic carbocycles. The largest absolute Gasteiger partial charge is 0.393 e. The van der Waals surface area contributed by atoms with Crippen LogP contribution in [0.4, 0.5) is 13.2 Å². The molecule has 0 spiro atoms. The average molecular weight is 340 g/mol. The molecule has 1 rings (SSSR count). The van der Waals surface area contributed by atoms with E-state index in [9.17, 15) is 17.4 Å². The zero-order valence-corrected chi connectivity index (χ0v) is 13.1. The van der Waals surface area contributed by atoms with Crippen molar-refractivity contribution >= 4 is 28.4 Å². The van der Waals surface area contributed by atoms with Gasteiger partial charge < -0.3 is 4.84 Å². The molecule has 0 bridgehead atoms. The third kappa shape index (κ3) is 6.85. The molecule has 0 unspecified atom stereocenters. The maximum Gasteiger partial charge on any atom is 0.301 e. The molecule has 0 N–H and O–H groups in total. The number of halogens is 3. The molecule has 0 aliphatic carbocycles. The normalized spacial score (nSPS) is 12.9. The molecule has 4 nitrogen and oxygen atoms in total. The second-order valence-corrected chi connectivity index (χ2v) is 7.06. The maximum atomic E-state index is 12.6. The zero-order valence-electron chi connectivity index (χ0n) is 11.5. The van der Waals surface area contributed by atoms with E-state index in [1.165, 1.54) is 17.5 Å². The van der Waals surface area contributed by atoms with Gasteiger partial charge in [-0.25, -0.2) is 9.37 Å². The van der Waals surface area contributed by atoms with Crippen LogP contribution in [0.15, 0.2) is 27.6 Å². The van der Waals surface area contributed by atoms with Crippen LogP contribution in [0.1, 0.15) is 25.1 Å². The SMILES string of the molecule is CC(C)ON=CCc1cnc([S@@](=O)CCC(F)=C(F)F)s1. The van der Waals surface area contributed by atoms with Crippen LogP contribution in [0.3, 0.4) is 0 Å². The summed E-state index contributed by atoms with van der Waals surface area (Å²) in [6, 6.07) is 0. The highest BCUT2D eigenvalue weighted by atomic mass is 32.2. The molecule has 0 fully saturated rings. The fourth-order valence-electron chi connectivity index (χ4n) is 1.15. The Morgan fingerprint density at radius 1 is 1.52 bits per heavy atom. The van der Waals surface area contributed by atoms with Gasteiger partial charge in [-0.1, -0.05) is 5.16 Å². The molecule has 0 radical (unpaired) electrons. The summed E-state index contributed by atoms with van der Waals surface area (Å²) < 4.78 is 48.4. The number of allylic oxidation sites excluding steroid dienone is 1. The van der Waals surface area contributed by atoms with Crippen LogP contribution in [0.25, 0.3) is 0 Å². The van der Waals surface area contributed by atoms with Gasteiger partial charge in [-0.15, -0.1) is 11.3 Å². The Morgan fingerprint density at radius 3 is 2.86 bits per heavy atom. The van der Waals surface area contributed by atoms with Gasteiger partial charge in [0.05, 0.1) is 10.8 Å². The van der Waals surface area contributed by atoms with Crippen LogP contribution in [0, 0.1) is 0 Å². The first-order valence-corrected chi connectivity index (χ1v) is 8.24. The molecule has 0 saturated carbocycles. The molecule has 0 aliphatic rings. The summed E-state index contributed by atoms with van der Waals surface area (Å²) in [5.41, 5.74) is 0. The van der Waals surface area contributed by atoms with Gasteiger partial charge in [-0.2, -0.15) is 8.78 Å². The van der Waals surface area contributed by atoms with Crippen molar-refractivity contribution in [3.63, 3.8) is 0 Å². The van der Waals surface area contributed by atoms with Gasteiger partial charge in [0.25, 0.3) is 0 Å². The number of nitrogens with zero attached hydrogens (tertiary/aromatic N) is 2. The Bertz CT molecular complexity index is 540. The second-order valence-electron chi connectivity index (χ2n) is 4.20. The van der Waals surface area contributed by atoms with Gasteiger partial charge in [0.2, 0.25) is 0 Å². The monoisotopic (exact) mass is 340 g/mol. The molecule has 1 atom stereocenters. The lowest BCUT2D eigenvalue weighted by molar-refractivity contribution is 0.0869. The standard InChI is InChI=1S/C12H15F3N2O2S2/c1-8(2)19-17-5-3-9-7-16-12(20-9)21(18)6-4-10(13)11(14)15/h5,7-8H,3-4,6H2,1-2H3/t21-/m0/s1. The van der Waals surface area contributed by atoms with Crippen LogP contribution >= 0.6 is 11.3 Å². The summed E-state index contributed by atoms with van der Waals surface area (Å²) in [5.74, 6) is -1.75. The highest BCUT2D eigenvalue weighted by molar-refractivity contribution is 7.87. The smallest absolute Gasteiger partial charge is 0.301 e. The maximum absolute atomic E-state index is 12.6. The molecule has 0 aliphatic heterocycles. The molecular formula is C12H15F3N2O2S2. The van der Waals surface area contributed by atoms with Gasteiger partial charge >= 0.3 is 6.08 Å². The van der Waals surface area contributed by atoms with Crippen LogP contribution in [0.5, 0.6) is 0 Å². The Balaban J connectivity index is 2.49. The van der Waals surface area contributed by atoms with E-state index >= 15 is 0 Å². The van der Waals surface area contributed by atoms with Crippen LogP contribution in [-0.2, 0) is 22.1 Å². The quantitative estimate of drug-likeness (QED) is 0.536. The first-order valence-electron chi connectivity index (χ1n) is 6.10. The van der Waals surface area contributed by atoms with Crippen molar-refractivity contribution in [3.8, 4) is 0 Å². The lowest BCUT2D eigenvalue weighted by Crippen LogP contribution is -1.98. The van der Waals surface area contributed by atoms with Gasteiger partial charge in [-0.3, -0.25) is 4.21 Å². The number of aromatic nitrogens is 1. The first kappa shape index (κ1) is 17.8. The fourth-order valence-corrected chi connectivity index (χ4v) is 3.39. The summed E-state index contributed by atoms with van der Waals surface area (Å²) in [5, 5.41) is 3.74. The summed E-state index contributed by atoms with van der Waals surface area (Å²) in [6.07, 6.45) is 0.614. The third-order valence-corrected chi connectivity index (χ3v) is 4.77. The Morgan fingerprint density at radius 2 is 2.24 bits per heavy atom. The van der Waals surface area contributed by atoms with E-state index in [4.69, 9.17) is 4.84 Å². The molecule has 0 saturated heterocycles. The van der Waals surface area contributed by atoms with E-state index in [-0.39, 0.29) is 16.2 Å². The molecule has 9 heteroatoms. The fraction of sp³-hybridized carbons (Fsp3) is 0.500. The summed E-state index contributed by atoms with van der Waals surface area (Å²) >= 11 is 1.18. The van der Waals surface area contributed by atoms with Gasteiger partial charge in [0.1, 0.15) is 6.10 Å². The Labute approximate surface area is 127 Å². The lowest BCUT2D eigenvalue weighted by atomic mass is 10.4. The van der Waals surface area contributed by atoms with Crippen molar-refractivity contribution in [2.24, 2.45) is 5.16 Å². The number of oxime groups is 1. The average Bonchev–Trinajstić information content (AvgIpc) is 2.89. The van der Waals surface area contributed by atoms with E-state index in [0.29, 0.717) is 6.42 Å². The summed E-state index contributed by atoms with van der Waals surface area (Å²) in [7, 11) is -1.59. The van der Waals surface area contributed by atoms with Gasteiger partial charge in [0.15, 0.2) is 10.2 Å². The van der Waals surface area contributed by atoms with Gasteiger partial charge in [-0.05, 0) is 13.8 Å². The topological polar surface area (TPSA) is 51.6 Å². The van der Waals surface area contributed by atoms with Gasteiger partial charge in [0, 0.05) is 35.9 Å².